The van der Waals surface area contributed by atoms with Crippen LogP contribution in [0.4, 0.5) is 10.5 Å². The number of nitrogens with zero attached hydrogens (tertiary/aromatic N) is 1. The molecule has 0 unspecified atom stereocenters. The molecule has 94 valence electrons. The Morgan fingerprint density at radius 2 is 1.94 bits per heavy atom. The molecule has 0 atom stereocenters. The van der Waals surface area contributed by atoms with Crippen LogP contribution in [0.5, 0.6) is 0 Å². The minimum atomic E-state index is -0.284. The molecule has 0 bridgehead atoms. The van der Waals surface area contributed by atoms with Gasteiger partial charge in [-0.05, 0) is 17.9 Å². The van der Waals surface area contributed by atoms with Crippen LogP contribution < -0.4 is 11.2 Å². The molecule has 3 N–H and O–H groups in total. The van der Waals surface area contributed by atoms with Crippen LogP contribution in [0, 0.1) is 0 Å². The Hall–Kier alpha value is -2.07. The van der Waals surface area contributed by atoms with E-state index in [0.29, 0.717) is 6.54 Å². The molecular formula is C14H17N3O. The highest BCUT2D eigenvalue weighted by molar-refractivity contribution is 6.01. The summed E-state index contributed by atoms with van der Waals surface area (Å²) < 4.78 is 0. The lowest BCUT2D eigenvalue weighted by Gasteiger charge is -2.17. The Balaban J connectivity index is 2.24. The molecule has 2 rings (SSSR count). The number of hydrogen-bond acceptors (Lipinski definition) is 2. The first-order chi connectivity index (χ1) is 8.72. The normalized spacial score (nSPS) is 10.3. The molecule has 0 spiro atoms. The van der Waals surface area contributed by atoms with Crippen molar-refractivity contribution in [1.82, 2.24) is 5.01 Å². The second kappa shape index (κ2) is 5.51. The number of amides is 2. The van der Waals surface area contributed by atoms with Gasteiger partial charge in [0.25, 0.3) is 0 Å². The molecule has 2 aromatic rings. The van der Waals surface area contributed by atoms with Gasteiger partial charge in [0.05, 0.1) is 5.69 Å². The fourth-order valence-electron chi connectivity index (χ4n) is 1.86. The lowest BCUT2D eigenvalue weighted by Crippen LogP contribution is -2.41. The van der Waals surface area contributed by atoms with E-state index in [9.17, 15) is 4.79 Å². The fraction of sp³-hybridized carbons (Fsp3) is 0.214. The van der Waals surface area contributed by atoms with Gasteiger partial charge in [-0.25, -0.2) is 10.6 Å². The molecule has 2 amide bonds. The third-order valence-electron chi connectivity index (χ3n) is 2.76. The van der Waals surface area contributed by atoms with Crippen LogP contribution in [0.15, 0.2) is 42.5 Å². The molecule has 4 heteroatoms. The summed E-state index contributed by atoms with van der Waals surface area (Å²) in [5, 5.41) is 6.13. The van der Waals surface area contributed by atoms with E-state index in [4.69, 9.17) is 5.84 Å². The Bertz CT molecular complexity index is 548. The zero-order valence-corrected chi connectivity index (χ0v) is 10.4. The highest BCUT2D eigenvalue weighted by atomic mass is 16.2. The van der Waals surface area contributed by atoms with Gasteiger partial charge in [-0.1, -0.05) is 43.3 Å². The summed E-state index contributed by atoms with van der Waals surface area (Å²) in [6.07, 6.45) is 0.833. The fourth-order valence-corrected chi connectivity index (χ4v) is 1.86. The number of carbonyl (C=O) groups excluding carboxylic acids is 1. The molecule has 18 heavy (non-hydrogen) atoms. The van der Waals surface area contributed by atoms with Crippen LogP contribution in [0.2, 0.25) is 0 Å². The molecule has 0 heterocycles. The largest absolute Gasteiger partial charge is 0.335 e. The van der Waals surface area contributed by atoms with Gasteiger partial charge >= 0.3 is 6.03 Å². The second-order valence-corrected chi connectivity index (χ2v) is 4.15. The average Bonchev–Trinajstić information content (AvgIpc) is 2.39. The highest BCUT2D eigenvalue weighted by Crippen LogP contribution is 2.22. The van der Waals surface area contributed by atoms with Crippen molar-refractivity contribution in [3.05, 3.63) is 42.5 Å². The molecule has 4 nitrogen and oxygen atoms in total. The number of hydrazine groups is 1. The Morgan fingerprint density at radius 1 is 1.22 bits per heavy atom. The van der Waals surface area contributed by atoms with Crippen molar-refractivity contribution in [2.24, 2.45) is 5.84 Å². The molecular weight excluding hydrogens is 226 g/mol. The quantitative estimate of drug-likeness (QED) is 0.494. The van der Waals surface area contributed by atoms with Crippen molar-refractivity contribution in [3.8, 4) is 0 Å². The maximum atomic E-state index is 11.8. The first kappa shape index (κ1) is 12.4. The van der Waals surface area contributed by atoms with Crippen LogP contribution >= 0.6 is 0 Å². The predicted molar refractivity (Wildman–Crippen MR) is 74.2 cm³/mol. The lowest BCUT2D eigenvalue weighted by atomic mass is 10.1. The molecule has 0 saturated carbocycles. The minimum absolute atomic E-state index is 0.284. The van der Waals surface area contributed by atoms with E-state index < -0.39 is 0 Å². The molecule has 0 aliphatic rings. The zero-order valence-electron chi connectivity index (χ0n) is 10.4. The maximum absolute atomic E-state index is 11.8. The van der Waals surface area contributed by atoms with Crippen LogP contribution in [0.3, 0.4) is 0 Å². The number of anilines is 1. The molecule has 0 saturated heterocycles. The van der Waals surface area contributed by atoms with Gasteiger partial charge in [-0.15, -0.1) is 0 Å². The van der Waals surface area contributed by atoms with Crippen LogP contribution in [0.25, 0.3) is 10.8 Å². The number of nitrogens with one attached hydrogen (secondary N) is 1. The van der Waals surface area contributed by atoms with Gasteiger partial charge in [-0.2, -0.15) is 0 Å². The van der Waals surface area contributed by atoms with Gasteiger partial charge < -0.3 is 5.32 Å². The minimum Gasteiger partial charge on any atom is -0.306 e. The maximum Gasteiger partial charge on any atom is 0.335 e. The number of urea groups is 1. The number of nitrogens with two attached hydrogens (primary N) is 1. The summed E-state index contributed by atoms with van der Waals surface area (Å²) in [6.45, 7) is 2.52. The Morgan fingerprint density at radius 3 is 2.72 bits per heavy atom. The van der Waals surface area contributed by atoms with Gasteiger partial charge in [0.15, 0.2) is 0 Å². The first-order valence-corrected chi connectivity index (χ1v) is 6.03. The van der Waals surface area contributed by atoms with E-state index in [1.54, 1.807) is 0 Å². The van der Waals surface area contributed by atoms with E-state index in [1.807, 2.05) is 49.4 Å². The summed E-state index contributed by atoms with van der Waals surface area (Å²) in [5.74, 6) is 5.64. The van der Waals surface area contributed by atoms with Crippen molar-refractivity contribution >= 4 is 22.5 Å². The van der Waals surface area contributed by atoms with E-state index in [-0.39, 0.29) is 6.03 Å². The Kier molecular flexibility index (Phi) is 3.79. The molecule has 0 aliphatic carbocycles. The summed E-state index contributed by atoms with van der Waals surface area (Å²) >= 11 is 0. The monoisotopic (exact) mass is 243 g/mol. The third-order valence-corrected chi connectivity index (χ3v) is 2.76. The van der Waals surface area contributed by atoms with Crippen molar-refractivity contribution in [2.75, 3.05) is 11.9 Å². The van der Waals surface area contributed by atoms with Gasteiger partial charge in [0.2, 0.25) is 0 Å². The van der Waals surface area contributed by atoms with Crippen molar-refractivity contribution < 1.29 is 4.79 Å². The summed E-state index contributed by atoms with van der Waals surface area (Å²) in [6, 6.07) is 13.4. The average molecular weight is 243 g/mol. The first-order valence-electron chi connectivity index (χ1n) is 6.03. The van der Waals surface area contributed by atoms with Gasteiger partial charge in [0, 0.05) is 11.9 Å². The molecule has 0 radical (unpaired) electrons. The van der Waals surface area contributed by atoms with Crippen LogP contribution in [-0.2, 0) is 0 Å². The van der Waals surface area contributed by atoms with E-state index in [2.05, 4.69) is 5.32 Å². The van der Waals surface area contributed by atoms with Gasteiger partial charge in [0.1, 0.15) is 0 Å². The molecule has 0 fully saturated rings. The van der Waals surface area contributed by atoms with Crippen molar-refractivity contribution in [2.45, 2.75) is 13.3 Å². The summed E-state index contributed by atoms with van der Waals surface area (Å²) in [7, 11) is 0. The summed E-state index contributed by atoms with van der Waals surface area (Å²) in [4.78, 5) is 11.8. The lowest BCUT2D eigenvalue weighted by molar-refractivity contribution is 0.213. The molecule has 2 aromatic carbocycles. The zero-order chi connectivity index (χ0) is 13.0. The van der Waals surface area contributed by atoms with Crippen molar-refractivity contribution in [1.29, 1.82) is 0 Å². The van der Waals surface area contributed by atoms with Gasteiger partial charge in [-0.3, -0.25) is 5.01 Å². The third kappa shape index (κ3) is 2.60. The number of rotatable bonds is 3. The SMILES string of the molecule is CCCN(N)C(=O)Nc1cccc2ccccc12. The number of carbonyl (C=O) groups is 1. The summed E-state index contributed by atoms with van der Waals surface area (Å²) in [5.41, 5.74) is 0.782. The molecule has 0 aromatic heterocycles. The van der Waals surface area contributed by atoms with Crippen LogP contribution in [-0.4, -0.2) is 17.6 Å². The van der Waals surface area contributed by atoms with E-state index in [1.165, 1.54) is 5.01 Å². The van der Waals surface area contributed by atoms with E-state index in [0.717, 1.165) is 22.9 Å². The van der Waals surface area contributed by atoms with Crippen LogP contribution in [0.1, 0.15) is 13.3 Å². The predicted octanol–water partition coefficient (Wildman–Crippen LogP) is 2.96. The standard InChI is InChI=1S/C14H17N3O/c1-2-10-17(15)14(18)16-13-9-5-7-11-6-3-4-8-12(11)13/h3-9H,2,10,15H2,1H3,(H,16,18). The van der Waals surface area contributed by atoms with Crippen molar-refractivity contribution in [3.63, 3.8) is 0 Å². The highest BCUT2D eigenvalue weighted by Gasteiger charge is 2.09. The number of fused-ring (bicyclic) bond motifs is 1. The Labute approximate surface area is 106 Å². The molecule has 0 aliphatic heterocycles. The number of hydrogen-bond donors (Lipinski definition) is 2. The topological polar surface area (TPSA) is 58.4 Å². The van der Waals surface area contributed by atoms with E-state index >= 15 is 0 Å². The smallest absolute Gasteiger partial charge is 0.306 e. The number of benzene rings is 2. The second-order valence-electron chi connectivity index (χ2n) is 4.15.